The van der Waals surface area contributed by atoms with Gasteiger partial charge in [-0.15, -0.1) is 0 Å². The van der Waals surface area contributed by atoms with Crippen molar-refractivity contribution in [2.24, 2.45) is 5.92 Å². The van der Waals surface area contributed by atoms with E-state index in [9.17, 15) is 0 Å². The van der Waals surface area contributed by atoms with Crippen LogP contribution < -0.4 is 10.6 Å². The van der Waals surface area contributed by atoms with Gasteiger partial charge in [-0.2, -0.15) is 4.98 Å². The fourth-order valence-corrected chi connectivity index (χ4v) is 3.90. The largest absolute Gasteiger partial charge is 0.351 e. The van der Waals surface area contributed by atoms with Crippen LogP contribution in [0.25, 0.3) is 11.2 Å². The average molecular weight is 357 g/mol. The highest BCUT2D eigenvalue weighted by atomic mass is 15.2. The molecule has 2 aromatic heterocycles. The lowest BCUT2D eigenvalue weighted by molar-refractivity contribution is 0.337. The van der Waals surface area contributed by atoms with E-state index in [1.54, 1.807) is 0 Å². The number of fused-ring (bicyclic) bond motifs is 1. The van der Waals surface area contributed by atoms with Gasteiger partial charge in [0.15, 0.2) is 5.65 Å². The predicted octanol–water partition coefficient (Wildman–Crippen LogP) is 3.44. The Balaban J connectivity index is 1.62. The summed E-state index contributed by atoms with van der Waals surface area (Å²) < 4.78 is 2.39. The topological polar surface area (TPSA) is 67.7 Å². The number of nitrogens with zero attached hydrogens (tertiary/aromatic N) is 4. The molecule has 1 aliphatic heterocycles. The Morgan fingerprint density at radius 2 is 1.92 bits per heavy atom. The van der Waals surface area contributed by atoms with E-state index < -0.39 is 0 Å². The molecule has 0 atom stereocenters. The van der Waals surface area contributed by atoms with E-state index >= 15 is 0 Å². The Bertz CT molecular complexity index is 742. The minimum absolute atomic E-state index is 0.567. The summed E-state index contributed by atoms with van der Waals surface area (Å²) in [6.07, 6.45) is 9.67. The maximum Gasteiger partial charge on any atom is 0.225 e. The molecule has 2 aromatic rings. The number of hydrogen-bond acceptors (Lipinski definition) is 5. The Kier molecular flexibility index (Phi) is 5.38. The number of aryl methyl sites for hydroxylation is 3. The fourth-order valence-electron chi connectivity index (χ4n) is 3.90. The molecule has 2 N–H and O–H groups in total. The summed E-state index contributed by atoms with van der Waals surface area (Å²) >= 11 is 0. The van der Waals surface area contributed by atoms with Gasteiger partial charge < -0.3 is 15.2 Å². The summed E-state index contributed by atoms with van der Waals surface area (Å²) in [5.74, 6) is 2.79. The molecular formula is C20H32N6. The monoisotopic (exact) mass is 356 g/mol. The molecule has 1 saturated heterocycles. The van der Waals surface area contributed by atoms with Crippen molar-refractivity contribution >= 4 is 17.1 Å². The van der Waals surface area contributed by atoms with Crippen molar-refractivity contribution in [2.75, 3.05) is 18.4 Å². The number of aromatic nitrogens is 4. The van der Waals surface area contributed by atoms with Gasteiger partial charge in [-0.25, -0.2) is 9.97 Å². The minimum atomic E-state index is 0.567. The quantitative estimate of drug-likeness (QED) is 0.758. The van der Waals surface area contributed by atoms with E-state index in [4.69, 9.17) is 9.97 Å². The van der Waals surface area contributed by atoms with Crippen molar-refractivity contribution in [1.29, 1.82) is 0 Å². The zero-order valence-corrected chi connectivity index (χ0v) is 16.2. The maximum absolute atomic E-state index is 4.95. The van der Waals surface area contributed by atoms with Crippen LogP contribution in [0.4, 0.5) is 5.95 Å². The second-order valence-corrected chi connectivity index (χ2v) is 7.99. The lowest BCUT2D eigenvalue weighted by atomic mass is 9.95. The third-order valence-corrected chi connectivity index (χ3v) is 5.73. The second kappa shape index (κ2) is 7.91. The first-order valence-corrected chi connectivity index (χ1v) is 10.5. The highest BCUT2D eigenvalue weighted by molar-refractivity contribution is 5.75. The van der Waals surface area contributed by atoms with Gasteiger partial charge in [-0.05, 0) is 64.5 Å². The highest BCUT2D eigenvalue weighted by Gasteiger charge is 2.24. The number of hydrogen-bond donors (Lipinski definition) is 2. The van der Waals surface area contributed by atoms with Gasteiger partial charge in [0, 0.05) is 19.0 Å². The van der Waals surface area contributed by atoms with Crippen LogP contribution in [0.15, 0.2) is 0 Å². The first-order chi connectivity index (χ1) is 12.7. The molecule has 2 fully saturated rings. The van der Waals surface area contributed by atoms with Crippen LogP contribution in [0.3, 0.4) is 0 Å². The van der Waals surface area contributed by atoms with Crippen molar-refractivity contribution in [3.63, 3.8) is 0 Å². The Labute approximate surface area is 156 Å². The van der Waals surface area contributed by atoms with E-state index in [0.29, 0.717) is 6.04 Å². The summed E-state index contributed by atoms with van der Waals surface area (Å²) in [5, 5.41) is 6.93. The van der Waals surface area contributed by atoms with Crippen molar-refractivity contribution in [3.8, 4) is 0 Å². The van der Waals surface area contributed by atoms with Crippen molar-refractivity contribution in [1.82, 2.24) is 24.8 Å². The molecule has 6 heteroatoms. The van der Waals surface area contributed by atoms with Gasteiger partial charge in [0.2, 0.25) is 5.95 Å². The number of imidazole rings is 1. The number of unbranched alkanes of at least 4 members (excludes halogenated alkanes) is 1. The molecule has 4 rings (SSSR count). The molecule has 0 unspecified atom stereocenters. The van der Waals surface area contributed by atoms with E-state index in [-0.39, 0.29) is 0 Å². The second-order valence-electron chi connectivity index (χ2n) is 7.99. The van der Waals surface area contributed by atoms with Crippen LogP contribution in [0.2, 0.25) is 0 Å². The molecule has 1 aliphatic carbocycles. The number of anilines is 1. The van der Waals surface area contributed by atoms with Crippen LogP contribution >= 0.6 is 0 Å². The number of rotatable bonds is 8. The first kappa shape index (κ1) is 17.7. The third kappa shape index (κ3) is 4.00. The molecule has 6 nitrogen and oxygen atoms in total. The molecule has 3 heterocycles. The number of nitrogens with one attached hydrogen (secondary N) is 2. The van der Waals surface area contributed by atoms with Crippen LogP contribution in [0.1, 0.15) is 63.4 Å². The van der Waals surface area contributed by atoms with Gasteiger partial charge in [0.05, 0.1) is 5.69 Å². The molecule has 26 heavy (non-hydrogen) atoms. The summed E-state index contributed by atoms with van der Waals surface area (Å²) in [5.41, 5.74) is 3.01. The SMILES string of the molecule is CCCCc1nc2c(C)nc(NC3CC3)nc2n1CCC1CCNCC1. The lowest BCUT2D eigenvalue weighted by Crippen LogP contribution is -2.28. The number of piperidine rings is 1. The molecule has 0 bridgehead atoms. The fraction of sp³-hybridized carbons (Fsp3) is 0.750. The van der Waals surface area contributed by atoms with Crippen LogP contribution in [-0.4, -0.2) is 38.7 Å². The van der Waals surface area contributed by atoms with Crippen molar-refractivity contribution < 1.29 is 0 Å². The Morgan fingerprint density at radius 1 is 1.12 bits per heavy atom. The van der Waals surface area contributed by atoms with Crippen molar-refractivity contribution in [2.45, 2.75) is 77.8 Å². The minimum Gasteiger partial charge on any atom is -0.351 e. The zero-order valence-electron chi connectivity index (χ0n) is 16.2. The van der Waals surface area contributed by atoms with Gasteiger partial charge in [-0.3, -0.25) is 0 Å². The molecule has 1 saturated carbocycles. The van der Waals surface area contributed by atoms with Crippen molar-refractivity contribution in [3.05, 3.63) is 11.5 Å². The molecule has 0 amide bonds. The van der Waals surface area contributed by atoms with Crippen LogP contribution in [0.5, 0.6) is 0 Å². The lowest BCUT2D eigenvalue weighted by Gasteiger charge is -2.23. The summed E-state index contributed by atoms with van der Waals surface area (Å²) in [4.78, 5) is 14.5. The first-order valence-electron chi connectivity index (χ1n) is 10.5. The van der Waals surface area contributed by atoms with E-state index in [1.807, 2.05) is 0 Å². The Hall–Kier alpha value is -1.69. The smallest absolute Gasteiger partial charge is 0.225 e. The molecule has 0 radical (unpaired) electrons. The van der Waals surface area contributed by atoms with Gasteiger partial charge in [-0.1, -0.05) is 13.3 Å². The van der Waals surface area contributed by atoms with E-state index in [2.05, 4.69) is 34.0 Å². The maximum atomic E-state index is 4.95. The Morgan fingerprint density at radius 3 is 2.65 bits per heavy atom. The molecule has 0 aromatic carbocycles. The summed E-state index contributed by atoms with van der Waals surface area (Å²) in [6, 6.07) is 0.567. The van der Waals surface area contributed by atoms with Gasteiger partial charge in [0.25, 0.3) is 0 Å². The molecule has 0 spiro atoms. The summed E-state index contributed by atoms with van der Waals surface area (Å²) in [7, 11) is 0. The van der Waals surface area contributed by atoms with E-state index in [1.165, 1.54) is 50.8 Å². The highest BCUT2D eigenvalue weighted by Crippen LogP contribution is 2.26. The van der Waals surface area contributed by atoms with Gasteiger partial charge >= 0.3 is 0 Å². The zero-order chi connectivity index (χ0) is 17.9. The standard InChI is InChI=1S/C20H32N6/c1-3-4-5-17-24-18-14(2)22-20(23-16-6-7-16)25-19(18)26(17)13-10-15-8-11-21-12-9-15/h15-16,21H,3-13H2,1-2H3,(H,22,23,25). The molecular weight excluding hydrogens is 324 g/mol. The van der Waals surface area contributed by atoms with Crippen LogP contribution in [0, 0.1) is 12.8 Å². The average Bonchev–Trinajstić information content (AvgIpc) is 3.39. The van der Waals surface area contributed by atoms with Gasteiger partial charge in [0.1, 0.15) is 11.3 Å². The van der Waals surface area contributed by atoms with Crippen LogP contribution in [-0.2, 0) is 13.0 Å². The molecule has 142 valence electrons. The predicted molar refractivity (Wildman–Crippen MR) is 106 cm³/mol. The summed E-state index contributed by atoms with van der Waals surface area (Å²) in [6.45, 7) is 7.66. The molecule has 2 aliphatic rings. The normalized spacial score (nSPS) is 18.5. The van der Waals surface area contributed by atoms with E-state index in [0.717, 1.165) is 54.8 Å². The third-order valence-electron chi connectivity index (χ3n) is 5.73.